The van der Waals surface area contributed by atoms with Gasteiger partial charge in [0.05, 0.1) is 10.4 Å². The van der Waals surface area contributed by atoms with Crippen molar-refractivity contribution in [3.8, 4) is 5.75 Å². The molecule has 0 unspecified atom stereocenters. The van der Waals surface area contributed by atoms with Crippen LogP contribution in [-0.2, 0) is 7.05 Å². The van der Waals surface area contributed by atoms with Crippen LogP contribution in [0.25, 0.3) is 11.0 Å². The highest BCUT2D eigenvalue weighted by Crippen LogP contribution is 2.32. The topological polar surface area (TPSA) is 56.1 Å². The summed E-state index contributed by atoms with van der Waals surface area (Å²) in [5, 5.41) is 6.00. The van der Waals surface area contributed by atoms with Gasteiger partial charge in [-0.2, -0.15) is 5.10 Å². The minimum absolute atomic E-state index is 0.158. The van der Waals surface area contributed by atoms with Gasteiger partial charge in [-0.05, 0) is 28.1 Å². The lowest BCUT2D eigenvalue weighted by atomic mass is 10.1. The number of fused-ring (bicyclic) bond motifs is 1. The first-order valence-electron chi connectivity index (χ1n) is 8.13. The number of halogens is 2. The number of aromatic nitrogens is 4. The van der Waals surface area contributed by atoms with Gasteiger partial charge in [0.1, 0.15) is 28.6 Å². The summed E-state index contributed by atoms with van der Waals surface area (Å²) in [5.74, 6) is 1.67. The van der Waals surface area contributed by atoms with E-state index in [1.165, 1.54) is 0 Å². The van der Waals surface area contributed by atoms with E-state index in [0.717, 1.165) is 53.1 Å². The number of nitrogens with zero attached hydrogens (tertiary/aromatic N) is 5. The van der Waals surface area contributed by atoms with Crippen molar-refractivity contribution in [3.05, 3.63) is 40.2 Å². The van der Waals surface area contributed by atoms with Crippen LogP contribution in [0.2, 0.25) is 5.02 Å². The quantitative estimate of drug-likeness (QED) is 0.642. The standard InChI is InChI=1S/C17H17BrClN5O/c1-23-16-14(15(18)22-23)17(21-10-20-16)24-8-6-11(7-9-24)25-13-5-3-2-4-12(13)19/h2-5,10-11H,6-9H2,1H3. The van der Waals surface area contributed by atoms with Gasteiger partial charge in [0.15, 0.2) is 5.65 Å². The van der Waals surface area contributed by atoms with Crippen LogP contribution in [-0.4, -0.2) is 38.9 Å². The van der Waals surface area contributed by atoms with Gasteiger partial charge in [0, 0.05) is 33.0 Å². The number of benzene rings is 1. The molecule has 0 amide bonds. The molecule has 0 spiro atoms. The molecule has 0 aliphatic carbocycles. The fraction of sp³-hybridized carbons (Fsp3) is 0.353. The van der Waals surface area contributed by atoms with E-state index in [1.54, 1.807) is 11.0 Å². The van der Waals surface area contributed by atoms with Crippen LogP contribution >= 0.6 is 27.5 Å². The summed E-state index contributed by atoms with van der Waals surface area (Å²) >= 11 is 9.71. The molecule has 0 bridgehead atoms. The second kappa shape index (κ2) is 6.80. The Kier molecular flexibility index (Phi) is 4.52. The highest BCUT2D eigenvalue weighted by atomic mass is 79.9. The number of ether oxygens (including phenoxy) is 1. The third-order valence-electron chi connectivity index (χ3n) is 4.43. The van der Waals surface area contributed by atoms with Crippen molar-refractivity contribution in [2.75, 3.05) is 18.0 Å². The molecule has 1 aliphatic rings. The number of para-hydroxylation sites is 1. The van der Waals surface area contributed by atoms with E-state index >= 15 is 0 Å². The van der Waals surface area contributed by atoms with Crippen molar-refractivity contribution in [2.45, 2.75) is 18.9 Å². The lowest BCUT2D eigenvalue weighted by Gasteiger charge is -2.33. The molecule has 8 heteroatoms. The average molecular weight is 423 g/mol. The molecule has 0 radical (unpaired) electrons. The largest absolute Gasteiger partial charge is 0.489 e. The molecule has 3 aromatic rings. The highest BCUT2D eigenvalue weighted by molar-refractivity contribution is 9.10. The van der Waals surface area contributed by atoms with Crippen LogP contribution < -0.4 is 9.64 Å². The Morgan fingerprint density at radius 2 is 1.96 bits per heavy atom. The van der Waals surface area contributed by atoms with Gasteiger partial charge in [-0.25, -0.2) is 14.6 Å². The molecule has 130 valence electrons. The summed E-state index contributed by atoms with van der Waals surface area (Å²) in [5.41, 5.74) is 0.825. The van der Waals surface area contributed by atoms with Crippen molar-refractivity contribution < 1.29 is 4.74 Å². The van der Waals surface area contributed by atoms with Crippen LogP contribution in [0.5, 0.6) is 5.75 Å². The van der Waals surface area contributed by atoms with Crippen molar-refractivity contribution >= 4 is 44.4 Å². The van der Waals surface area contributed by atoms with Gasteiger partial charge in [-0.3, -0.25) is 0 Å². The number of rotatable bonds is 3. The van der Waals surface area contributed by atoms with E-state index in [9.17, 15) is 0 Å². The maximum absolute atomic E-state index is 6.19. The maximum atomic E-state index is 6.19. The lowest BCUT2D eigenvalue weighted by Crippen LogP contribution is -2.38. The number of piperidine rings is 1. The Morgan fingerprint density at radius 3 is 2.72 bits per heavy atom. The Bertz CT molecular complexity index is 907. The average Bonchev–Trinajstić information content (AvgIpc) is 2.92. The van der Waals surface area contributed by atoms with Gasteiger partial charge in [-0.15, -0.1) is 0 Å². The second-order valence-electron chi connectivity index (χ2n) is 6.04. The fourth-order valence-electron chi connectivity index (χ4n) is 3.17. The van der Waals surface area contributed by atoms with Gasteiger partial charge >= 0.3 is 0 Å². The van der Waals surface area contributed by atoms with Gasteiger partial charge < -0.3 is 9.64 Å². The molecule has 1 aromatic carbocycles. The summed E-state index contributed by atoms with van der Waals surface area (Å²) < 4.78 is 8.60. The van der Waals surface area contributed by atoms with Crippen LogP contribution in [0.4, 0.5) is 5.82 Å². The molecule has 3 heterocycles. The van der Waals surface area contributed by atoms with E-state index in [2.05, 4.69) is 35.9 Å². The zero-order valence-corrected chi connectivity index (χ0v) is 16.0. The highest BCUT2D eigenvalue weighted by Gasteiger charge is 2.25. The minimum atomic E-state index is 0.158. The molecule has 0 atom stereocenters. The SMILES string of the molecule is Cn1nc(Br)c2c(N3CCC(Oc4ccccc4Cl)CC3)ncnc21. The third kappa shape index (κ3) is 3.18. The second-order valence-corrected chi connectivity index (χ2v) is 7.20. The summed E-state index contributed by atoms with van der Waals surface area (Å²) in [4.78, 5) is 11.1. The molecule has 1 aliphatic heterocycles. The van der Waals surface area contributed by atoms with Gasteiger partial charge in [0.25, 0.3) is 0 Å². The number of anilines is 1. The fourth-order valence-corrected chi connectivity index (χ4v) is 3.94. The molecule has 0 saturated carbocycles. The molecule has 1 saturated heterocycles. The van der Waals surface area contributed by atoms with E-state index < -0.39 is 0 Å². The molecular formula is C17H17BrClN5O. The predicted octanol–water partition coefficient (Wildman–Crippen LogP) is 3.83. The molecular weight excluding hydrogens is 406 g/mol. The number of hydrogen-bond donors (Lipinski definition) is 0. The maximum Gasteiger partial charge on any atom is 0.164 e. The first kappa shape index (κ1) is 16.6. The summed E-state index contributed by atoms with van der Waals surface area (Å²) in [6.07, 6.45) is 3.58. The number of hydrogen-bond acceptors (Lipinski definition) is 5. The van der Waals surface area contributed by atoms with Crippen LogP contribution in [0.1, 0.15) is 12.8 Å². The first-order chi connectivity index (χ1) is 12.1. The molecule has 6 nitrogen and oxygen atoms in total. The van der Waals surface area contributed by atoms with Crippen LogP contribution in [0, 0.1) is 0 Å². The molecule has 0 N–H and O–H groups in total. The molecule has 1 fully saturated rings. The Labute approximate surface area is 158 Å². The van der Waals surface area contributed by atoms with Gasteiger partial charge in [0.2, 0.25) is 0 Å². The summed E-state index contributed by atoms with van der Waals surface area (Å²) in [6, 6.07) is 7.61. The Balaban J connectivity index is 1.50. The lowest BCUT2D eigenvalue weighted by molar-refractivity contribution is 0.171. The summed E-state index contributed by atoms with van der Waals surface area (Å²) in [6.45, 7) is 1.73. The zero-order chi connectivity index (χ0) is 17.4. The monoisotopic (exact) mass is 421 g/mol. The summed E-state index contributed by atoms with van der Waals surface area (Å²) in [7, 11) is 1.88. The Hall–Kier alpha value is -1.86. The van der Waals surface area contributed by atoms with Crippen molar-refractivity contribution in [1.82, 2.24) is 19.7 Å². The van der Waals surface area contributed by atoms with E-state index in [-0.39, 0.29) is 6.10 Å². The van der Waals surface area contributed by atoms with Crippen molar-refractivity contribution in [1.29, 1.82) is 0 Å². The molecule has 25 heavy (non-hydrogen) atoms. The smallest absolute Gasteiger partial charge is 0.164 e. The minimum Gasteiger partial charge on any atom is -0.489 e. The number of aryl methyl sites for hydroxylation is 1. The van der Waals surface area contributed by atoms with E-state index in [4.69, 9.17) is 16.3 Å². The van der Waals surface area contributed by atoms with Crippen LogP contribution in [0.15, 0.2) is 35.2 Å². The van der Waals surface area contributed by atoms with Gasteiger partial charge in [-0.1, -0.05) is 23.7 Å². The molecule has 2 aromatic heterocycles. The predicted molar refractivity (Wildman–Crippen MR) is 101 cm³/mol. The van der Waals surface area contributed by atoms with E-state index in [1.807, 2.05) is 31.3 Å². The first-order valence-corrected chi connectivity index (χ1v) is 9.30. The zero-order valence-electron chi connectivity index (χ0n) is 13.7. The van der Waals surface area contributed by atoms with Crippen molar-refractivity contribution in [2.24, 2.45) is 7.05 Å². The Morgan fingerprint density at radius 1 is 1.20 bits per heavy atom. The molecule has 4 rings (SSSR count). The van der Waals surface area contributed by atoms with E-state index in [0.29, 0.717) is 5.02 Å². The third-order valence-corrected chi connectivity index (χ3v) is 5.30. The van der Waals surface area contributed by atoms with Crippen molar-refractivity contribution in [3.63, 3.8) is 0 Å². The van der Waals surface area contributed by atoms with Crippen LogP contribution in [0.3, 0.4) is 0 Å². The normalized spacial score (nSPS) is 15.7.